The van der Waals surface area contributed by atoms with Crippen molar-refractivity contribution in [3.63, 3.8) is 0 Å². The van der Waals surface area contributed by atoms with Crippen molar-refractivity contribution in [1.82, 2.24) is 20.9 Å². The van der Waals surface area contributed by atoms with Crippen LogP contribution < -0.4 is 20.9 Å². The Balaban J connectivity index is 2.13. The van der Waals surface area contributed by atoms with E-state index in [1.165, 1.54) is 18.2 Å². The first kappa shape index (κ1) is 26.8. The number of amides is 1. The smallest absolute Gasteiger partial charge is 0.426 e. The average Bonchev–Trinajstić information content (AvgIpc) is 2.73. The molecule has 1 atom stereocenters. The van der Waals surface area contributed by atoms with Gasteiger partial charge in [-0.25, -0.2) is 15.0 Å². The summed E-state index contributed by atoms with van der Waals surface area (Å²) in [6.07, 6.45) is -1.45. The third kappa shape index (κ3) is 9.20. The molecule has 0 fully saturated rings. The summed E-state index contributed by atoms with van der Waals surface area (Å²) >= 11 is 0. The molecule has 0 bridgehead atoms. The van der Waals surface area contributed by atoms with Crippen molar-refractivity contribution in [2.24, 2.45) is 0 Å². The van der Waals surface area contributed by atoms with Crippen LogP contribution in [0.25, 0.3) is 11.3 Å². The van der Waals surface area contributed by atoms with Crippen molar-refractivity contribution >= 4 is 17.9 Å². The van der Waals surface area contributed by atoms with Gasteiger partial charge in [0.15, 0.2) is 5.82 Å². The summed E-state index contributed by atoms with van der Waals surface area (Å²) in [5.41, 5.74) is 4.94. The molecule has 0 aliphatic carbocycles. The summed E-state index contributed by atoms with van der Waals surface area (Å²) in [7, 11) is 0. The SMILES string of the molecule is CC(C)(C)NCC(O)COc1ccc(C(=O)O)cc1-c1ccc(NNC(=O)OC(C)(C)C)nn1. The van der Waals surface area contributed by atoms with Crippen LogP contribution in [0.3, 0.4) is 0 Å². The molecule has 186 valence electrons. The summed E-state index contributed by atoms with van der Waals surface area (Å²) in [6.45, 7) is 11.5. The zero-order chi connectivity index (χ0) is 25.5. The second kappa shape index (κ2) is 11.1. The van der Waals surface area contributed by atoms with Crippen molar-refractivity contribution in [3.05, 3.63) is 35.9 Å². The number of aliphatic hydroxyl groups is 1. The fourth-order valence-corrected chi connectivity index (χ4v) is 2.62. The van der Waals surface area contributed by atoms with E-state index in [-0.39, 0.29) is 23.5 Å². The summed E-state index contributed by atoms with van der Waals surface area (Å²) in [5.74, 6) is -0.508. The Morgan fingerprint density at radius 3 is 2.32 bits per heavy atom. The zero-order valence-corrected chi connectivity index (χ0v) is 20.3. The molecule has 5 N–H and O–H groups in total. The summed E-state index contributed by atoms with van der Waals surface area (Å²) in [4.78, 5) is 23.2. The quantitative estimate of drug-likeness (QED) is 0.342. The fourth-order valence-electron chi connectivity index (χ4n) is 2.62. The Kier molecular flexibility index (Phi) is 8.77. The molecule has 1 amide bonds. The lowest BCUT2D eigenvalue weighted by Crippen LogP contribution is -2.42. The van der Waals surface area contributed by atoms with Gasteiger partial charge < -0.3 is 25.0 Å². The molecule has 2 aromatic rings. The zero-order valence-electron chi connectivity index (χ0n) is 20.3. The Hall–Kier alpha value is -3.44. The lowest BCUT2D eigenvalue weighted by Gasteiger charge is -2.23. The number of hydrogen-bond donors (Lipinski definition) is 5. The van der Waals surface area contributed by atoms with Crippen LogP contribution in [0.4, 0.5) is 10.6 Å². The van der Waals surface area contributed by atoms with Crippen LogP contribution in [0.1, 0.15) is 51.9 Å². The molecule has 2 rings (SSSR count). The van der Waals surface area contributed by atoms with Gasteiger partial charge in [-0.2, -0.15) is 0 Å². The number of nitrogens with zero attached hydrogens (tertiary/aromatic N) is 2. The van der Waals surface area contributed by atoms with Gasteiger partial charge >= 0.3 is 12.1 Å². The van der Waals surface area contributed by atoms with Crippen LogP contribution in [0.5, 0.6) is 5.75 Å². The minimum Gasteiger partial charge on any atom is -0.490 e. The van der Waals surface area contributed by atoms with Gasteiger partial charge in [0.2, 0.25) is 0 Å². The topological polar surface area (TPSA) is 155 Å². The number of β-amino-alcohol motifs (C(OH)–C–C–N with tert-alkyl or cyclic N) is 1. The number of nitrogens with one attached hydrogen (secondary N) is 3. The van der Waals surface area contributed by atoms with E-state index >= 15 is 0 Å². The lowest BCUT2D eigenvalue weighted by molar-refractivity contribution is 0.0540. The van der Waals surface area contributed by atoms with Gasteiger partial charge in [-0.05, 0) is 71.9 Å². The molecule has 34 heavy (non-hydrogen) atoms. The number of benzene rings is 1. The van der Waals surface area contributed by atoms with Crippen molar-refractivity contribution < 1.29 is 29.3 Å². The fraction of sp³-hybridized carbons (Fsp3) is 0.478. The van der Waals surface area contributed by atoms with Crippen LogP contribution >= 0.6 is 0 Å². The number of carboxylic acids is 1. The van der Waals surface area contributed by atoms with Gasteiger partial charge in [-0.1, -0.05) is 0 Å². The summed E-state index contributed by atoms with van der Waals surface area (Å²) < 4.78 is 10.9. The summed E-state index contributed by atoms with van der Waals surface area (Å²) in [5, 5.41) is 30.9. The number of carbonyl (C=O) groups is 2. The monoisotopic (exact) mass is 475 g/mol. The number of aromatic carboxylic acids is 1. The Morgan fingerprint density at radius 1 is 1.06 bits per heavy atom. The van der Waals surface area contributed by atoms with Crippen molar-refractivity contribution in [1.29, 1.82) is 0 Å². The molecule has 0 radical (unpaired) electrons. The van der Waals surface area contributed by atoms with Crippen LogP contribution in [0.15, 0.2) is 30.3 Å². The minimum absolute atomic E-state index is 0.00459. The Bertz CT molecular complexity index is 983. The molecule has 1 aromatic heterocycles. The first-order valence-electron chi connectivity index (χ1n) is 10.8. The van der Waals surface area contributed by atoms with E-state index in [9.17, 15) is 19.8 Å². The number of hydrogen-bond acceptors (Lipinski definition) is 9. The highest BCUT2D eigenvalue weighted by Crippen LogP contribution is 2.30. The minimum atomic E-state index is -1.10. The molecule has 1 unspecified atom stereocenters. The molecule has 0 spiro atoms. The molecule has 1 heterocycles. The molecule has 0 aliphatic heterocycles. The number of ether oxygens (including phenoxy) is 2. The maximum Gasteiger partial charge on any atom is 0.426 e. The van der Waals surface area contributed by atoms with E-state index in [0.29, 0.717) is 23.6 Å². The molecule has 11 nitrogen and oxygen atoms in total. The highest BCUT2D eigenvalue weighted by molar-refractivity contribution is 5.90. The number of carbonyl (C=O) groups excluding carboxylic acids is 1. The normalized spacial score (nSPS) is 12.6. The number of aromatic nitrogens is 2. The predicted molar refractivity (Wildman–Crippen MR) is 127 cm³/mol. The number of rotatable bonds is 9. The van der Waals surface area contributed by atoms with Crippen LogP contribution in [0, 0.1) is 0 Å². The van der Waals surface area contributed by atoms with Gasteiger partial charge in [0, 0.05) is 17.6 Å². The molecule has 0 saturated heterocycles. The molecule has 0 saturated carbocycles. The predicted octanol–water partition coefficient (Wildman–Crippen LogP) is 2.82. The first-order valence-corrected chi connectivity index (χ1v) is 10.8. The number of anilines is 1. The van der Waals surface area contributed by atoms with Gasteiger partial charge in [-0.15, -0.1) is 10.2 Å². The number of aliphatic hydroxyl groups excluding tert-OH is 1. The third-order valence-corrected chi connectivity index (χ3v) is 4.16. The maximum absolute atomic E-state index is 11.8. The highest BCUT2D eigenvalue weighted by Gasteiger charge is 2.18. The first-order chi connectivity index (χ1) is 15.7. The Labute approximate surface area is 198 Å². The highest BCUT2D eigenvalue weighted by atomic mass is 16.6. The van der Waals surface area contributed by atoms with E-state index in [1.807, 2.05) is 20.8 Å². The maximum atomic E-state index is 11.8. The molecular formula is C23H33N5O6. The van der Waals surface area contributed by atoms with E-state index in [0.717, 1.165) is 0 Å². The van der Waals surface area contributed by atoms with Gasteiger partial charge in [0.1, 0.15) is 24.1 Å². The second-order valence-corrected chi connectivity index (χ2v) is 9.67. The molecular weight excluding hydrogens is 442 g/mol. The average molecular weight is 476 g/mol. The Morgan fingerprint density at radius 2 is 1.76 bits per heavy atom. The van der Waals surface area contributed by atoms with E-state index in [1.54, 1.807) is 32.9 Å². The van der Waals surface area contributed by atoms with Gasteiger partial charge in [0.25, 0.3) is 0 Å². The number of carboxylic acid groups (broad SMARTS) is 1. The lowest BCUT2D eigenvalue weighted by atomic mass is 10.1. The molecule has 0 aliphatic rings. The van der Waals surface area contributed by atoms with Crippen molar-refractivity contribution in [2.75, 3.05) is 18.6 Å². The van der Waals surface area contributed by atoms with Crippen molar-refractivity contribution in [2.45, 2.75) is 58.8 Å². The third-order valence-electron chi connectivity index (χ3n) is 4.16. The van der Waals surface area contributed by atoms with E-state index in [4.69, 9.17) is 9.47 Å². The van der Waals surface area contributed by atoms with Crippen LogP contribution in [-0.2, 0) is 4.74 Å². The van der Waals surface area contributed by atoms with Crippen molar-refractivity contribution in [3.8, 4) is 17.0 Å². The largest absolute Gasteiger partial charge is 0.490 e. The second-order valence-electron chi connectivity index (χ2n) is 9.67. The van der Waals surface area contributed by atoms with Crippen LogP contribution in [-0.4, -0.2) is 62.9 Å². The van der Waals surface area contributed by atoms with E-state index in [2.05, 4.69) is 26.4 Å². The summed E-state index contributed by atoms with van der Waals surface area (Å²) in [6, 6.07) is 7.50. The van der Waals surface area contributed by atoms with Gasteiger partial charge in [0.05, 0.1) is 11.3 Å². The molecule has 1 aromatic carbocycles. The molecule has 11 heteroatoms. The number of hydrazine groups is 1. The van der Waals surface area contributed by atoms with Gasteiger partial charge in [-0.3, -0.25) is 5.43 Å². The van der Waals surface area contributed by atoms with E-state index < -0.39 is 23.8 Å². The van der Waals surface area contributed by atoms with Crippen LogP contribution in [0.2, 0.25) is 0 Å². The standard InChI is InChI=1S/C23H33N5O6/c1-22(2,3)24-12-15(29)13-33-18-9-7-14(20(30)31)11-16(18)17-8-10-19(26-25-17)27-28-21(32)34-23(4,5)6/h7-11,15,24,29H,12-13H2,1-6H3,(H,26,27)(H,28,32)(H,30,31).